The second-order valence-electron chi connectivity index (χ2n) is 8.78. The van der Waals surface area contributed by atoms with Crippen LogP contribution >= 0.6 is 0 Å². The number of methoxy groups -OCH3 is 1. The summed E-state index contributed by atoms with van der Waals surface area (Å²) >= 11 is 0. The van der Waals surface area contributed by atoms with Gasteiger partial charge < -0.3 is 19.5 Å². The van der Waals surface area contributed by atoms with Crippen molar-refractivity contribution in [2.75, 3.05) is 27.2 Å². The zero-order chi connectivity index (χ0) is 24.7. The average Bonchev–Trinajstić information content (AvgIpc) is 3.51. The molecule has 2 aromatic heterocycles. The van der Waals surface area contributed by atoms with Crippen LogP contribution in [0.3, 0.4) is 0 Å². The molecule has 0 spiro atoms. The number of likely N-dealkylation sites (N-methyl/N-ethyl adjacent to an activating group) is 1. The number of nitrogens with one attached hydrogen (secondary N) is 1. The van der Waals surface area contributed by atoms with Crippen LogP contribution in [0.25, 0.3) is 10.9 Å². The maximum atomic E-state index is 13.5. The normalized spacial score (nSPS) is 16.5. The second kappa shape index (κ2) is 8.83. The van der Waals surface area contributed by atoms with Crippen LogP contribution in [0.1, 0.15) is 54.8 Å². The van der Waals surface area contributed by atoms with Gasteiger partial charge in [-0.1, -0.05) is 12.1 Å². The van der Waals surface area contributed by atoms with E-state index in [4.69, 9.17) is 4.74 Å². The van der Waals surface area contributed by atoms with Gasteiger partial charge >= 0.3 is 5.97 Å². The standard InChI is InChI=1S/C26H24N4O5/c1-29(14-31)8-6-15-4-3-5-20-18(15)11-21(28-20)25(33)30-9-7-17-19-10-16(26(34)35-2)13-27-24(19)23(32)12-22(17)30/h3-5,10-14,17,28H,6-9H2,1-2H3. The molecular formula is C26H24N4O5. The molecule has 0 saturated carbocycles. The van der Waals surface area contributed by atoms with Gasteiger partial charge in [-0.15, -0.1) is 0 Å². The number of rotatable bonds is 6. The quantitative estimate of drug-likeness (QED) is 0.436. The van der Waals surface area contributed by atoms with E-state index in [1.165, 1.54) is 19.4 Å². The third-order valence-electron chi connectivity index (χ3n) is 6.68. The van der Waals surface area contributed by atoms with E-state index in [1.807, 2.05) is 24.3 Å². The Morgan fingerprint density at radius 3 is 2.91 bits per heavy atom. The minimum absolute atomic E-state index is 0.206. The first-order chi connectivity index (χ1) is 16.9. The molecule has 9 nitrogen and oxygen atoms in total. The van der Waals surface area contributed by atoms with Crippen molar-refractivity contribution in [1.29, 1.82) is 0 Å². The number of amides is 2. The summed E-state index contributed by atoms with van der Waals surface area (Å²) < 4.78 is 4.79. The summed E-state index contributed by atoms with van der Waals surface area (Å²) in [6.45, 7) is 1.01. The van der Waals surface area contributed by atoms with Crippen molar-refractivity contribution in [2.24, 2.45) is 0 Å². The summed E-state index contributed by atoms with van der Waals surface area (Å²) in [5, 5.41) is 0.928. The van der Waals surface area contributed by atoms with Crippen molar-refractivity contribution >= 4 is 35.0 Å². The lowest BCUT2D eigenvalue weighted by Crippen LogP contribution is -2.29. The van der Waals surface area contributed by atoms with Gasteiger partial charge in [0.25, 0.3) is 5.91 Å². The number of allylic oxidation sites excluding steroid dienone is 2. The smallest absolute Gasteiger partial charge is 0.339 e. The number of H-pyrrole nitrogens is 1. The van der Waals surface area contributed by atoms with Crippen LogP contribution in [-0.2, 0) is 16.0 Å². The Balaban J connectivity index is 1.44. The molecule has 1 aromatic carbocycles. The first-order valence-electron chi connectivity index (χ1n) is 11.3. The third kappa shape index (κ3) is 3.88. The predicted octanol–water partition coefficient (Wildman–Crippen LogP) is 2.69. The van der Waals surface area contributed by atoms with Crippen molar-refractivity contribution in [3.8, 4) is 0 Å². The summed E-state index contributed by atoms with van der Waals surface area (Å²) in [5.74, 6) is -1.24. The Kier molecular flexibility index (Phi) is 5.68. The highest BCUT2D eigenvalue weighted by atomic mass is 16.5. The van der Waals surface area contributed by atoms with Crippen LogP contribution in [0.5, 0.6) is 0 Å². The zero-order valence-electron chi connectivity index (χ0n) is 19.4. The molecule has 1 aliphatic heterocycles. The van der Waals surface area contributed by atoms with E-state index in [1.54, 1.807) is 22.9 Å². The second-order valence-corrected chi connectivity index (χ2v) is 8.78. The first-order valence-corrected chi connectivity index (χ1v) is 11.3. The van der Waals surface area contributed by atoms with E-state index in [-0.39, 0.29) is 23.2 Å². The van der Waals surface area contributed by atoms with Crippen LogP contribution in [0.4, 0.5) is 0 Å². The number of aromatic amines is 1. The fourth-order valence-electron chi connectivity index (χ4n) is 4.87. The first kappa shape index (κ1) is 22.5. The van der Waals surface area contributed by atoms with Crippen LogP contribution in [0.2, 0.25) is 0 Å². The predicted molar refractivity (Wildman–Crippen MR) is 127 cm³/mol. The number of nitrogens with zero attached hydrogens (tertiary/aromatic N) is 3. The van der Waals surface area contributed by atoms with Gasteiger partial charge in [0.2, 0.25) is 12.2 Å². The van der Waals surface area contributed by atoms with Gasteiger partial charge in [0.15, 0.2) is 0 Å². The minimum Gasteiger partial charge on any atom is -0.465 e. The third-order valence-corrected chi connectivity index (χ3v) is 6.68. The van der Waals surface area contributed by atoms with Gasteiger partial charge in [-0.05, 0) is 42.2 Å². The fourth-order valence-corrected chi connectivity index (χ4v) is 4.87. The molecular weight excluding hydrogens is 448 g/mol. The lowest BCUT2D eigenvalue weighted by atomic mass is 9.87. The Labute approximate surface area is 201 Å². The van der Waals surface area contributed by atoms with Crippen molar-refractivity contribution in [3.05, 3.63) is 76.4 Å². The van der Waals surface area contributed by atoms with E-state index in [0.717, 1.165) is 22.9 Å². The molecule has 3 aromatic rings. The maximum absolute atomic E-state index is 13.5. The average molecular weight is 473 g/mol. The molecule has 178 valence electrons. The lowest BCUT2D eigenvalue weighted by molar-refractivity contribution is -0.116. The Bertz CT molecular complexity index is 1410. The molecule has 5 rings (SSSR count). The number of hydrogen-bond acceptors (Lipinski definition) is 6. The highest BCUT2D eigenvalue weighted by Crippen LogP contribution is 2.42. The molecule has 0 bridgehead atoms. The molecule has 35 heavy (non-hydrogen) atoms. The van der Waals surface area contributed by atoms with Gasteiger partial charge in [-0.2, -0.15) is 0 Å². The molecule has 1 saturated heterocycles. The number of ether oxygens (including phenoxy) is 1. The topological polar surface area (TPSA) is 113 Å². The van der Waals surface area contributed by atoms with Gasteiger partial charge in [0, 0.05) is 54.9 Å². The minimum atomic E-state index is -0.525. The zero-order valence-corrected chi connectivity index (χ0v) is 19.4. The molecule has 9 heteroatoms. The number of ketones is 1. The van der Waals surface area contributed by atoms with Crippen molar-refractivity contribution in [1.82, 2.24) is 19.8 Å². The number of hydrogen-bond donors (Lipinski definition) is 1. The Morgan fingerprint density at radius 1 is 1.31 bits per heavy atom. The van der Waals surface area contributed by atoms with E-state index < -0.39 is 5.97 Å². The fraction of sp³-hybridized carbons (Fsp3) is 0.269. The molecule has 1 N–H and O–H groups in total. The van der Waals surface area contributed by atoms with E-state index in [2.05, 4.69) is 9.97 Å². The monoisotopic (exact) mass is 472 g/mol. The lowest BCUT2D eigenvalue weighted by Gasteiger charge is -2.24. The van der Waals surface area contributed by atoms with Gasteiger partial charge in [0.1, 0.15) is 11.4 Å². The van der Waals surface area contributed by atoms with Crippen molar-refractivity contribution < 1.29 is 23.9 Å². The van der Waals surface area contributed by atoms with Crippen LogP contribution in [0.15, 0.2) is 48.3 Å². The van der Waals surface area contributed by atoms with Gasteiger partial charge in [-0.3, -0.25) is 19.4 Å². The van der Waals surface area contributed by atoms with Crippen LogP contribution < -0.4 is 0 Å². The number of pyridine rings is 1. The number of carbonyl (C=O) groups excluding carboxylic acids is 4. The summed E-state index contributed by atoms with van der Waals surface area (Å²) in [7, 11) is 3.02. The van der Waals surface area contributed by atoms with Crippen molar-refractivity contribution in [2.45, 2.75) is 18.8 Å². The summed E-state index contributed by atoms with van der Waals surface area (Å²) in [6, 6.07) is 9.28. The van der Waals surface area contributed by atoms with E-state index >= 15 is 0 Å². The molecule has 3 heterocycles. The number of carbonyl (C=O) groups is 4. The largest absolute Gasteiger partial charge is 0.465 e. The maximum Gasteiger partial charge on any atom is 0.339 e. The van der Waals surface area contributed by atoms with Gasteiger partial charge in [0.05, 0.1) is 12.7 Å². The Hall–Kier alpha value is -4.27. The molecule has 1 aliphatic carbocycles. The van der Waals surface area contributed by atoms with Crippen molar-refractivity contribution in [3.63, 3.8) is 0 Å². The number of esters is 1. The molecule has 0 radical (unpaired) electrons. The molecule has 1 atom stereocenters. The van der Waals surface area contributed by atoms with Crippen LogP contribution in [0, 0.1) is 0 Å². The molecule has 1 fully saturated rings. The van der Waals surface area contributed by atoms with Gasteiger partial charge in [-0.25, -0.2) is 4.79 Å². The number of benzene rings is 1. The number of aromatic nitrogens is 2. The molecule has 2 aliphatic rings. The SMILES string of the molecule is COC(=O)c1cnc2c(c1)C1CCN(C(=O)c3cc4c(CCN(C)C=O)cccc4[nH]3)C1=CC2=O. The molecule has 1 unspecified atom stereocenters. The highest BCUT2D eigenvalue weighted by Gasteiger charge is 2.39. The van der Waals surface area contributed by atoms with E-state index in [9.17, 15) is 19.2 Å². The summed E-state index contributed by atoms with van der Waals surface area (Å²) in [5.41, 5.74) is 4.13. The summed E-state index contributed by atoms with van der Waals surface area (Å²) in [6.07, 6.45) is 4.89. The number of fused-ring (bicyclic) bond motifs is 4. The summed E-state index contributed by atoms with van der Waals surface area (Å²) in [4.78, 5) is 59.9. The molecule has 2 amide bonds. The van der Waals surface area contributed by atoms with E-state index in [0.29, 0.717) is 48.6 Å². The number of likely N-dealkylation sites (tertiary alicyclic amines) is 1. The Morgan fingerprint density at radius 2 is 2.14 bits per heavy atom. The van der Waals surface area contributed by atoms with Crippen LogP contribution in [-0.4, -0.2) is 71.1 Å². The highest BCUT2D eigenvalue weighted by molar-refractivity contribution is 6.08.